The molecule has 0 amide bonds. The minimum atomic E-state index is 1.11. The Labute approximate surface area is 446 Å². The summed E-state index contributed by atoms with van der Waals surface area (Å²) in [6, 6.07) is 109. The molecule has 0 heterocycles. The van der Waals surface area contributed by atoms with E-state index in [4.69, 9.17) is 0 Å². The summed E-state index contributed by atoms with van der Waals surface area (Å²) in [5, 5.41) is 2.44. The number of nitrogens with zero attached hydrogens (tertiary/aromatic N) is 2. The molecule has 12 rings (SSSR count). The molecular weight excluding hydrogens is 917 g/mol. The lowest BCUT2D eigenvalue weighted by Gasteiger charge is -2.25. The molecule has 0 fully saturated rings. The van der Waals surface area contributed by atoms with Crippen LogP contribution in [0.15, 0.2) is 303 Å². The highest BCUT2D eigenvalue weighted by molar-refractivity contribution is 6.18. The Hall–Kier alpha value is -10.0. The van der Waals surface area contributed by atoms with Crippen molar-refractivity contribution in [1.82, 2.24) is 0 Å². The van der Waals surface area contributed by atoms with Gasteiger partial charge in [0.25, 0.3) is 0 Å². The van der Waals surface area contributed by atoms with Gasteiger partial charge in [0.05, 0.1) is 0 Å². The van der Waals surface area contributed by atoms with Crippen LogP contribution in [0.5, 0.6) is 0 Å². The minimum Gasteiger partial charge on any atom is -0.311 e. The Balaban J connectivity index is 0.901. The van der Waals surface area contributed by atoms with Crippen molar-refractivity contribution in [1.29, 1.82) is 0 Å². The lowest BCUT2D eigenvalue weighted by atomic mass is 9.79. The van der Waals surface area contributed by atoms with Crippen LogP contribution in [0.4, 0.5) is 34.1 Å². The number of para-hydroxylation sites is 4. The molecule has 0 radical (unpaired) electrons. The quantitative estimate of drug-likeness (QED) is 0.100. The fourth-order valence-corrected chi connectivity index (χ4v) is 10.4. The summed E-state index contributed by atoms with van der Waals surface area (Å²) in [5.74, 6) is 0. The van der Waals surface area contributed by atoms with Gasteiger partial charge in [-0.2, -0.15) is 0 Å². The second kappa shape index (κ2) is 22.0. The molecule has 76 heavy (non-hydrogen) atoms. The van der Waals surface area contributed by atoms with Crippen LogP contribution < -0.4 is 9.80 Å². The molecule has 0 aliphatic carbocycles. The second-order valence-corrected chi connectivity index (χ2v) is 18.9. The maximum atomic E-state index is 2.30. The molecule has 0 bridgehead atoms. The predicted octanol–water partition coefficient (Wildman–Crippen LogP) is 20.8. The van der Waals surface area contributed by atoms with Crippen molar-refractivity contribution < 1.29 is 0 Å². The molecule has 0 aliphatic heterocycles. The average molecular weight is 971 g/mol. The number of anilines is 6. The zero-order chi connectivity index (χ0) is 50.9. The molecule has 0 saturated heterocycles. The van der Waals surface area contributed by atoms with Crippen molar-refractivity contribution in [2.45, 2.75) is 0 Å². The Kier molecular flexibility index (Phi) is 13.6. The van der Waals surface area contributed by atoms with Gasteiger partial charge in [0.15, 0.2) is 0 Å². The number of hydrogen-bond acceptors (Lipinski definition) is 2. The zero-order valence-electron chi connectivity index (χ0n) is 42.1. The van der Waals surface area contributed by atoms with Gasteiger partial charge in [-0.3, -0.25) is 0 Å². The molecule has 0 saturated carbocycles. The van der Waals surface area contributed by atoms with E-state index >= 15 is 0 Å². The van der Waals surface area contributed by atoms with Crippen molar-refractivity contribution in [3.63, 3.8) is 0 Å². The number of rotatable bonds is 14. The number of hydrogen-bond donors (Lipinski definition) is 0. The van der Waals surface area contributed by atoms with E-state index in [2.05, 4.69) is 337 Å². The smallest absolute Gasteiger partial charge is 0.0462 e. The zero-order valence-corrected chi connectivity index (χ0v) is 42.1. The predicted molar refractivity (Wildman–Crippen MR) is 326 cm³/mol. The summed E-state index contributed by atoms with van der Waals surface area (Å²) < 4.78 is 0. The van der Waals surface area contributed by atoms with Crippen LogP contribution in [-0.2, 0) is 0 Å². The molecule has 360 valence electrons. The van der Waals surface area contributed by atoms with Gasteiger partial charge in [-0.05, 0) is 150 Å². The van der Waals surface area contributed by atoms with Crippen molar-refractivity contribution >= 4 is 69.2 Å². The van der Waals surface area contributed by atoms with Crippen LogP contribution in [0.25, 0.3) is 79.6 Å². The Bertz CT molecular complexity index is 3550. The first-order valence-corrected chi connectivity index (χ1v) is 26.0. The molecule has 0 unspecified atom stereocenters. The largest absolute Gasteiger partial charge is 0.311 e. The standard InChI is InChI=1S/C74H54N2/c1-7-21-59(22-8-1)71-69-33-19-20-34-70(69)72(60-23-9-2-10-24-60)74(62-49-41-56(42-50-62)36-38-58-45-53-68(54-46-58)76(65-29-15-5-16-30-65)66-31-17-6-18-32-66)73(71)61-47-39-55(40-48-61)35-37-57-43-51-67(52-44-57)75(63-25-11-3-12-26-63)64-27-13-4-14-28-64/h1-54H. The van der Waals surface area contributed by atoms with Crippen LogP contribution in [0.3, 0.4) is 0 Å². The summed E-state index contributed by atoms with van der Waals surface area (Å²) >= 11 is 0. The molecule has 0 spiro atoms. The van der Waals surface area contributed by atoms with Gasteiger partial charge >= 0.3 is 0 Å². The molecule has 0 N–H and O–H groups in total. The van der Waals surface area contributed by atoms with Crippen molar-refractivity contribution in [2.24, 2.45) is 0 Å². The first-order chi connectivity index (χ1) is 37.7. The average Bonchev–Trinajstić information content (AvgIpc) is 3.58. The van der Waals surface area contributed by atoms with Crippen LogP contribution in [0.2, 0.25) is 0 Å². The van der Waals surface area contributed by atoms with Crippen molar-refractivity contribution in [3.05, 3.63) is 326 Å². The lowest BCUT2D eigenvalue weighted by molar-refractivity contribution is 1.28. The van der Waals surface area contributed by atoms with Crippen molar-refractivity contribution in [2.75, 3.05) is 9.80 Å². The Morgan fingerprint density at radius 3 is 0.658 bits per heavy atom. The summed E-state index contributed by atoms with van der Waals surface area (Å²) in [7, 11) is 0. The fraction of sp³-hybridized carbons (Fsp3) is 0. The second-order valence-electron chi connectivity index (χ2n) is 18.9. The number of benzene rings is 12. The van der Waals surface area contributed by atoms with Crippen LogP contribution in [0, 0.1) is 0 Å². The van der Waals surface area contributed by atoms with E-state index in [1.54, 1.807) is 0 Å². The maximum absolute atomic E-state index is 2.30. The van der Waals surface area contributed by atoms with Crippen LogP contribution in [0.1, 0.15) is 22.3 Å². The molecule has 12 aromatic rings. The third kappa shape index (κ3) is 10.0. The molecule has 0 aliphatic rings. The SMILES string of the molecule is C(=Cc1ccc(N(c2ccccc2)c2ccccc2)cc1)c1ccc(-c2c(-c3ccc(C=Cc4ccc(N(c5ccccc5)c5ccccc5)cc4)cc3)c(-c3ccccc3)c3ccccc3c2-c2ccccc2)cc1. The van der Waals surface area contributed by atoms with E-state index in [1.807, 2.05) is 0 Å². The van der Waals surface area contributed by atoms with Gasteiger partial charge in [-0.25, -0.2) is 0 Å². The molecule has 12 aromatic carbocycles. The molecule has 0 aromatic heterocycles. The van der Waals surface area contributed by atoms with Gasteiger partial charge in [0, 0.05) is 34.1 Å². The monoisotopic (exact) mass is 970 g/mol. The van der Waals surface area contributed by atoms with Crippen molar-refractivity contribution in [3.8, 4) is 44.5 Å². The van der Waals surface area contributed by atoms with E-state index in [1.165, 1.54) is 44.2 Å². The molecule has 2 heteroatoms. The van der Waals surface area contributed by atoms with Crippen LogP contribution >= 0.6 is 0 Å². The topological polar surface area (TPSA) is 6.48 Å². The fourth-order valence-electron chi connectivity index (χ4n) is 10.4. The third-order valence-corrected chi connectivity index (χ3v) is 14.0. The van der Waals surface area contributed by atoms with E-state index in [0.29, 0.717) is 0 Å². The third-order valence-electron chi connectivity index (χ3n) is 14.0. The van der Waals surface area contributed by atoms with Gasteiger partial charge in [-0.15, -0.1) is 0 Å². The van der Waals surface area contributed by atoms with E-state index in [0.717, 1.165) is 67.5 Å². The van der Waals surface area contributed by atoms with Gasteiger partial charge in [0.2, 0.25) is 0 Å². The molecule has 2 nitrogen and oxygen atoms in total. The van der Waals surface area contributed by atoms with Gasteiger partial charge in [0.1, 0.15) is 0 Å². The van der Waals surface area contributed by atoms with Gasteiger partial charge < -0.3 is 9.80 Å². The maximum Gasteiger partial charge on any atom is 0.0462 e. The highest BCUT2D eigenvalue weighted by Gasteiger charge is 2.24. The highest BCUT2D eigenvalue weighted by atomic mass is 15.1. The molecule has 0 atom stereocenters. The lowest BCUT2D eigenvalue weighted by Crippen LogP contribution is -2.09. The number of fused-ring (bicyclic) bond motifs is 1. The minimum absolute atomic E-state index is 1.11. The Morgan fingerprint density at radius 2 is 0.382 bits per heavy atom. The first-order valence-electron chi connectivity index (χ1n) is 26.0. The van der Waals surface area contributed by atoms with E-state index in [-0.39, 0.29) is 0 Å². The normalized spacial score (nSPS) is 11.3. The summed E-state index contributed by atoms with van der Waals surface area (Å²) in [6.45, 7) is 0. The first kappa shape index (κ1) is 47.0. The van der Waals surface area contributed by atoms with Crippen LogP contribution in [-0.4, -0.2) is 0 Å². The highest BCUT2D eigenvalue weighted by Crippen LogP contribution is 2.51. The summed E-state index contributed by atoms with van der Waals surface area (Å²) in [5.41, 5.74) is 20.8. The van der Waals surface area contributed by atoms with E-state index < -0.39 is 0 Å². The van der Waals surface area contributed by atoms with E-state index in [9.17, 15) is 0 Å². The molecular formula is C74H54N2. The summed E-state index contributed by atoms with van der Waals surface area (Å²) in [6.07, 6.45) is 8.83. The van der Waals surface area contributed by atoms with Gasteiger partial charge in [-0.1, -0.05) is 255 Å². The Morgan fingerprint density at radius 1 is 0.171 bits per heavy atom. The summed E-state index contributed by atoms with van der Waals surface area (Å²) in [4.78, 5) is 4.58.